The fourth-order valence-corrected chi connectivity index (χ4v) is 6.85. The molecular weight excluding hydrogens is 487 g/mol. The third-order valence-electron chi connectivity index (χ3n) is 8.37. The molecule has 6 heterocycles. The topological polar surface area (TPSA) is 79.4 Å². The van der Waals surface area contributed by atoms with Crippen LogP contribution in [-0.4, -0.2) is 37.0 Å². The first-order valence-corrected chi connectivity index (χ1v) is 12.9. The van der Waals surface area contributed by atoms with E-state index in [2.05, 4.69) is 49.8 Å². The zero-order valence-corrected chi connectivity index (χ0v) is 20.4. The predicted molar refractivity (Wildman–Crippen MR) is 148 cm³/mol. The molecule has 6 aromatic rings. The quantitative estimate of drug-likeness (QED) is 0.362. The number of aromatic hydroxyl groups is 1. The first-order chi connectivity index (χ1) is 19.2. The number of rotatable bonds is 2. The van der Waals surface area contributed by atoms with Crippen LogP contribution in [0.2, 0.25) is 0 Å². The summed E-state index contributed by atoms with van der Waals surface area (Å²) in [5.41, 5.74) is 3.65. The van der Waals surface area contributed by atoms with Crippen LogP contribution in [0.15, 0.2) is 112 Å². The van der Waals surface area contributed by atoms with Crippen molar-refractivity contribution >= 4 is 51.6 Å². The second-order valence-electron chi connectivity index (χ2n) is 10.3. The molecular formula is C30H17BN6O2. The Balaban J connectivity index is 1.50. The van der Waals surface area contributed by atoms with Crippen molar-refractivity contribution in [1.82, 2.24) is 8.96 Å². The first-order valence-electron chi connectivity index (χ1n) is 12.9. The minimum atomic E-state index is -2.25. The highest BCUT2D eigenvalue weighted by Crippen LogP contribution is 2.46. The van der Waals surface area contributed by atoms with Crippen LogP contribution >= 0.6 is 0 Å². The van der Waals surface area contributed by atoms with Gasteiger partial charge in [0, 0.05) is 21.5 Å². The predicted octanol–water partition coefficient (Wildman–Crippen LogP) is 3.98. The Hall–Kier alpha value is -5.44. The zero-order valence-electron chi connectivity index (χ0n) is 20.4. The average Bonchev–Trinajstić information content (AvgIpc) is 3.60. The number of hydrogen-bond acceptors (Lipinski definition) is 5. The molecule has 0 spiro atoms. The van der Waals surface area contributed by atoms with Gasteiger partial charge in [-0.05, 0) is 48.5 Å². The van der Waals surface area contributed by atoms with E-state index in [4.69, 9.17) is 19.6 Å². The van der Waals surface area contributed by atoms with Crippen molar-refractivity contribution in [3.8, 4) is 11.5 Å². The second-order valence-corrected chi connectivity index (χ2v) is 10.3. The molecule has 4 aromatic carbocycles. The molecule has 0 aliphatic carbocycles. The Kier molecular flexibility index (Phi) is 3.19. The summed E-state index contributed by atoms with van der Waals surface area (Å²) >= 11 is 0. The number of benzene rings is 4. The van der Waals surface area contributed by atoms with E-state index in [0.717, 1.165) is 67.0 Å². The van der Waals surface area contributed by atoms with Crippen LogP contribution in [0.25, 0.3) is 21.5 Å². The smallest absolute Gasteiger partial charge is 0.568 e. The van der Waals surface area contributed by atoms with Gasteiger partial charge in [-0.25, -0.2) is 4.99 Å². The van der Waals surface area contributed by atoms with Gasteiger partial charge in [0.1, 0.15) is 17.1 Å². The number of amidine groups is 2. The molecule has 0 fully saturated rings. The minimum absolute atomic E-state index is 0.181. The molecule has 0 bridgehead atoms. The molecule has 0 saturated heterocycles. The monoisotopic (exact) mass is 504 g/mol. The van der Waals surface area contributed by atoms with E-state index in [0.29, 0.717) is 5.75 Å². The SMILES string of the molecule is Oc1ccc(O[B-]23n4c5c6ccccc6c4N=c4c6ccccc6c(n42)=NC2=[N+]3C(=N5)c3ccccc32)cc1. The maximum Gasteiger partial charge on any atom is 0.568 e. The summed E-state index contributed by atoms with van der Waals surface area (Å²) in [6.07, 6.45) is 0. The fraction of sp³-hybridized carbons (Fsp3) is 0. The van der Waals surface area contributed by atoms with Crippen LogP contribution in [0.4, 0.5) is 11.6 Å². The maximum absolute atomic E-state index is 10.0. The Morgan fingerprint density at radius 3 is 1.92 bits per heavy atom. The van der Waals surface area contributed by atoms with Gasteiger partial charge in [0.2, 0.25) is 11.7 Å². The summed E-state index contributed by atoms with van der Waals surface area (Å²) < 4.78 is 13.7. The zero-order chi connectivity index (χ0) is 25.5. The van der Waals surface area contributed by atoms with Crippen LogP contribution in [0, 0.1) is 0 Å². The van der Waals surface area contributed by atoms with E-state index in [1.807, 2.05) is 36.4 Å². The van der Waals surface area contributed by atoms with Crippen LogP contribution in [0.5, 0.6) is 11.5 Å². The number of phenols is 1. The molecule has 0 radical (unpaired) electrons. The molecule has 8 nitrogen and oxygen atoms in total. The largest absolute Gasteiger partial charge is 0.648 e. The van der Waals surface area contributed by atoms with E-state index < -0.39 is 6.75 Å². The van der Waals surface area contributed by atoms with Crippen molar-refractivity contribution in [2.45, 2.75) is 0 Å². The third-order valence-corrected chi connectivity index (χ3v) is 8.37. The molecule has 39 heavy (non-hydrogen) atoms. The Morgan fingerprint density at radius 1 is 0.615 bits per heavy atom. The van der Waals surface area contributed by atoms with Crippen LogP contribution in [-0.2, 0) is 0 Å². The molecule has 1 atom stereocenters. The van der Waals surface area contributed by atoms with Crippen molar-refractivity contribution in [3.05, 3.63) is 119 Å². The van der Waals surface area contributed by atoms with E-state index in [-0.39, 0.29) is 5.75 Å². The summed E-state index contributed by atoms with van der Waals surface area (Å²) in [7, 11) is 0. The molecule has 4 aliphatic rings. The molecule has 10 rings (SSSR count). The standard InChI is InChI=1S/C30H17BN6O2/c38-17-13-15-18(16-14-17)39-31-35-25-19-7-1-2-8-20(19)26(35)33-28-23-11-5-6-12-24(23)30(37(28)31)34-29-22-10-4-3-9-21(22)27(32-25)36(29)31/h1-16,38H. The molecule has 4 aliphatic heterocycles. The lowest BCUT2D eigenvalue weighted by atomic mass is 9.75. The lowest BCUT2D eigenvalue weighted by Crippen LogP contribution is -2.75. The molecule has 2 aromatic heterocycles. The van der Waals surface area contributed by atoms with Crippen LogP contribution < -0.4 is 15.6 Å². The first kappa shape index (κ1) is 19.6. The van der Waals surface area contributed by atoms with Crippen molar-refractivity contribution < 1.29 is 14.2 Å². The third kappa shape index (κ3) is 2.09. The summed E-state index contributed by atoms with van der Waals surface area (Å²) in [6, 6.07) is 31.7. The van der Waals surface area contributed by atoms with Crippen molar-refractivity contribution in [3.63, 3.8) is 0 Å². The van der Waals surface area contributed by atoms with Gasteiger partial charge < -0.3 is 23.2 Å². The Labute approximate surface area is 220 Å². The summed E-state index contributed by atoms with van der Waals surface area (Å²) in [5, 5.41) is 14.1. The minimum Gasteiger partial charge on any atom is -0.648 e. The van der Waals surface area contributed by atoms with Gasteiger partial charge in [-0.1, -0.05) is 58.5 Å². The lowest BCUT2D eigenvalue weighted by Gasteiger charge is -2.47. The summed E-state index contributed by atoms with van der Waals surface area (Å²) in [4.78, 5) is 15.9. The molecule has 0 amide bonds. The summed E-state index contributed by atoms with van der Waals surface area (Å²) in [6.45, 7) is -2.25. The molecule has 1 N–H and O–H groups in total. The van der Waals surface area contributed by atoms with Gasteiger partial charge in [0.25, 0.3) is 0 Å². The number of aromatic nitrogens is 2. The Bertz CT molecular complexity index is 2330. The van der Waals surface area contributed by atoms with Crippen LogP contribution in [0.3, 0.4) is 0 Å². The Morgan fingerprint density at radius 2 is 1.21 bits per heavy atom. The van der Waals surface area contributed by atoms with Crippen LogP contribution in [0.1, 0.15) is 11.1 Å². The van der Waals surface area contributed by atoms with Gasteiger partial charge in [-0.15, -0.1) is 0 Å². The second kappa shape index (κ2) is 6.34. The number of hydrogen-bond donors (Lipinski definition) is 1. The number of aliphatic imine (C=N–C) groups is 1. The van der Waals surface area contributed by atoms with Gasteiger partial charge in [-0.2, -0.15) is 0 Å². The number of nitrogens with zero attached hydrogens (tertiary/aromatic N) is 6. The van der Waals surface area contributed by atoms with E-state index in [1.54, 1.807) is 24.3 Å². The molecule has 182 valence electrons. The van der Waals surface area contributed by atoms with Crippen molar-refractivity contribution in [1.29, 1.82) is 0 Å². The molecule has 0 saturated carbocycles. The highest BCUT2D eigenvalue weighted by atomic mass is 16.5. The van der Waals surface area contributed by atoms with Gasteiger partial charge >= 0.3 is 6.75 Å². The average molecular weight is 504 g/mol. The molecule has 1 unspecified atom stereocenters. The van der Waals surface area contributed by atoms with E-state index in [1.165, 1.54) is 0 Å². The highest BCUT2D eigenvalue weighted by molar-refractivity contribution is 6.69. The molecule has 9 heteroatoms. The fourth-order valence-electron chi connectivity index (χ4n) is 6.85. The van der Waals surface area contributed by atoms with Gasteiger partial charge in [-0.3, -0.25) is 0 Å². The lowest BCUT2D eigenvalue weighted by molar-refractivity contribution is -0.291. The highest BCUT2D eigenvalue weighted by Gasteiger charge is 2.59. The maximum atomic E-state index is 10.0. The van der Waals surface area contributed by atoms with Crippen molar-refractivity contribution in [2.75, 3.05) is 0 Å². The van der Waals surface area contributed by atoms with E-state index >= 15 is 0 Å². The normalized spacial score (nSPS) is 18.9. The van der Waals surface area contributed by atoms with Gasteiger partial charge in [0.15, 0.2) is 11.3 Å². The van der Waals surface area contributed by atoms with E-state index in [9.17, 15) is 5.11 Å². The van der Waals surface area contributed by atoms with Crippen molar-refractivity contribution in [2.24, 2.45) is 15.0 Å². The number of fused-ring (bicyclic) bond motifs is 9. The summed E-state index contributed by atoms with van der Waals surface area (Å²) in [5.74, 6) is 4.03. The van der Waals surface area contributed by atoms with Gasteiger partial charge in [0.05, 0.1) is 16.9 Å². The number of phenolic OH excluding ortho intramolecular Hbond substituents is 1.